The number of thiophene rings is 1. The van der Waals surface area contributed by atoms with Crippen molar-refractivity contribution < 1.29 is 9.53 Å². The van der Waals surface area contributed by atoms with Crippen LogP contribution in [0.25, 0.3) is 0 Å². The van der Waals surface area contributed by atoms with Crippen molar-refractivity contribution in [3.05, 3.63) is 22.4 Å². The normalized spacial score (nSPS) is 23.3. The predicted molar refractivity (Wildman–Crippen MR) is 67.8 cm³/mol. The molecule has 1 saturated heterocycles. The molecule has 0 aromatic carbocycles. The van der Waals surface area contributed by atoms with Gasteiger partial charge in [-0.1, -0.05) is 6.07 Å². The molecule has 4 nitrogen and oxygen atoms in total. The standard InChI is InChI=1S/C12H18N2O2S/c1-8(9-4-2-6-16-9)14-12(15)11(13)10-5-3-7-17-10/h3,5,7-9,11H,2,4,6,13H2,1H3,(H,14,15). The molecule has 1 aromatic heterocycles. The minimum Gasteiger partial charge on any atom is -0.376 e. The molecule has 2 rings (SSSR count). The van der Waals surface area contributed by atoms with Gasteiger partial charge in [0.1, 0.15) is 6.04 Å². The maximum Gasteiger partial charge on any atom is 0.242 e. The van der Waals surface area contributed by atoms with Crippen molar-refractivity contribution in [2.24, 2.45) is 5.73 Å². The molecule has 1 fully saturated rings. The van der Waals surface area contributed by atoms with Crippen LogP contribution in [0.15, 0.2) is 17.5 Å². The number of nitrogens with two attached hydrogens (primary N) is 1. The van der Waals surface area contributed by atoms with E-state index in [9.17, 15) is 4.79 Å². The molecular weight excluding hydrogens is 236 g/mol. The number of ether oxygens (including phenoxy) is 1. The molecule has 0 aliphatic carbocycles. The molecular formula is C12H18N2O2S. The van der Waals surface area contributed by atoms with Crippen LogP contribution in [0, 0.1) is 0 Å². The first-order chi connectivity index (χ1) is 8.18. The zero-order chi connectivity index (χ0) is 12.3. The minimum atomic E-state index is -0.571. The second-order valence-electron chi connectivity index (χ2n) is 4.34. The molecule has 1 aliphatic heterocycles. The maximum absolute atomic E-state index is 11.9. The van der Waals surface area contributed by atoms with Gasteiger partial charge < -0.3 is 15.8 Å². The molecule has 1 amide bonds. The second kappa shape index (κ2) is 5.62. The number of rotatable bonds is 4. The number of hydrogen-bond acceptors (Lipinski definition) is 4. The van der Waals surface area contributed by atoms with Crippen molar-refractivity contribution in [1.29, 1.82) is 0 Å². The average molecular weight is 254 g/mol. The predicted octanol–water partition coefficient (Wildman–Crippen LogP) is 1.43. The molecule has 0 saturated carbocycles. The zero-order valence-corrected chi connectivity index (χ0v) is 10.7. The van der Waals surface area contributed by atoms with Gasteiger partial charge >= 0.3 is 0 Å². The Hall–Kier alpha value is -0.910. The highest BCUT2D eigenvalue weighted by Crippen LogP contribution is 2.19. The van der Waals surface area contributed by atoms with Crippen molar-refractivity contribution >= 4 is 17.2 Å². The van der Waals surface area contributed by atoms with Gasteiger partial charge in [-0.15, -0.1) is 11.3 Å². The van der Waals surface area contributed by atoms with Gasteiger partial charge in [-0.3, -0.25) is 4.79 Å². The van der Waals surface area contributed by atoms with Crippen LogP contribution in [-0.2, 0) is 9.53 Å². The topological polar surface area (TPSA) is 64.4 Å². The van der Waals surface area contributed by atoms with Crippen LogP contribution < -0.4 is 11.1 Å². The van der Waals surface area contributed by atoms with E-state index >= 15 is 0 Å². The van der Waals surface area contributed by atoms with Gasteiger partial charge in [0.25, 0.3) is 0 Å². The Morgan fingerprint density at radius 3 is 3.12 bits per heavy atom. The Labute approximate surface area is 105 Å². The SMILES string of the molecule is CC(NC(=O)C(N)c1cccs1)C1CCCO1. The van der Waals surface area contributed by atoms with Gasteiger partial charge in [-0.25, -0.2) is 0 Å². The van der Waals surface area contributed by atoms with Crippen LogP contribution in [0.1, 0.15) is 30.7 Å². The number of amides is 1. The summed E-state index contributed by atoms with van der Waals surface area (Å²) in [5.74, 6) is -0.129. The molecule has 3 atom stereocenters. The van der Waals surface area contributed by atoms with E-state index in [4.69, 9.17) is 10.5 Å². The molecule has 3 unspecified atom stereocenters. The van der Waals surface area contributed by atoms with Gasteiger partial charge in [-0.2, -0.15) is 0 Å². The van der Waals surface area contributed by atoms with E-state index in [2.05, 4.69) is 5.32 Å². The summed E-state index contributed by atoms with van der Waals surface area (Å²) in [4.78, 5) is 12.8. The summed E-state index contributed by atoms with van der Waals surface area (Å²) in [5.41, 5.74) is 5.89. The summed E-state index contributed by atoms with van der Waals surface area (Å²) in [6.07, 6.45) is 2.21. The third-order valence-electron chi connectivity index (χ3n) is 3.02. The van der Waals surface area contributed by atoms with Gasteiger partial charge in [0.15, 0.2) is 0 Å². The Morgan fingerprint density at radius 1 is 1.71 bits per heavy atom. The highest BCUT2D eigenvalue weighted by molar-refractivity contribution is 7.10. The molecule has 0 bridgehead atoms. The van der Waals surface area contributed by atoms with E-state index in [1.807, 2.05) is 24.4 Å². The first-order valence-corrected chi connectivity index (χ1v) is 6.77. The average Bonchev–Trinajstić information content (AvgIpc) is 3.00. The third-order valence-corrected chi connectivity index (χ3v) is 3.98. The lowest BCUT2D eigenvalue weighted by Crippen LogP contribution is -2.44. The fourth-order valence-corrected chi connectivity index (χ4v) is 2.73. The van der Waals surface area contributed by atoms with Crippen LogP contribution in [0.5, 0.6) is 0 Å². The van der Waals surface area contributed by atoms with E-state index in [-0.39, 0.29) is 18.1 Å². The van der Waals surface area contributed by atoms with Crippen molar-refractivity contribution in [3.8, 4) is 0 Å². The molecule has 1 aromatic rings. The zero-order valence-electron chi connectivity index (χ0n) is 9.89. The van der Waals surface area contributed by atoms with Crippen LogP contribution in [-0.4, -0.2) is 24.7 Å². The first-order valence-electron chi connectivity index (χ1n) is 5.89. The molecule has 2 heterocycles. The quantitative estimate of drug-likeness (QED) is 0.854. The summed E-state index contributed by atoms with van der Waals surface area (Å²) in [6, 6.07) is 3.23. The molecule has 17 heavy (non-hydrogen) atoms. The molecule has 5 heteroatoms. The molecule has 0 radical (unpaired) electrons. The van der Waals surface area contributed by atoms with Gasteiger partial charge in [0.2, 0.25) is 5.91 Å². The maximum atomic E-state index is 11.9. The van der Waals surface area contributed by atoms with Crippen molar-refractivity contribution in [2.45, 2.75) is 38.0 Å². The summed E-state index contributed by atoms with van der Waals surface area (Å²) in [6.45, 7) is 2.76. The number of carbonyl (C=O) groups excluding carboxylic acids is 1. The van der Waals surface area contributed by atoms with Crippen LogP contribution >= 0.6 is 11.3 Å². The highest BCUT2D eigenvalue weighted by atomic mass is 32.1. The Morgan fingerprint density at radius 2 is 2.53 bits per heavy atom. The first kappa shape index (κ1) is 12.5. The van der Waals surface area contributed by atoms with E-state index in [1.165, 1.54) is 11.3 Å². The summed E-state index contributed by atoms with van der Waals surface area (Å²) in [5, 5.41) is 4.85. The highest BCUT2D eigenvalue weighted by Gasteiger charge is 2.26. The van der Waals surface area contributed by atoms with Crippen LogP contribution in [0.3, 0.4) is 0 Å². The van der Waals surface area contributed by atoms with Crippen molar-refractivity contribution in [3.63, 3.8) is 0 Å². The van der Waals surface area contributed by atoms with E-state index in [1.54, 1.807) is 0 Å². The number of carbonyl (C=O) groups is 1. The summed E-state index contributed by atoms with van der Waals surface area (Å²) >= 11 is 1.50. The van der Waals surface area contributed by atoms with Crippen LogP contribution in [0.4, 0.5) is 0 Å². The van der Waals surface area contributed by atoms with Gasteiger partial charge in [0, 0.05) is 11.5 Å². The van der Waals surface area contributed by atoms with E-state index < -0.39 is 6.04 Å². The lowest BCUT2D eigenvalue weighted by atomic mass is 10.1. The Kier molecular flexibility index (Phi) is 4.15. The summed E-state index contributed by atoms with van der Waals surface area (Å²) < 4.78 is 5.53. The monoisotopic (exact) mass is 254 g/mol. The Balaban J connectivity index is 1.87. The van der Waals surface area contributed by atoms with E-state index in [0.29, 0.717) is 0 Å². The molecule has 1 aliphatic rings. The molecule has 3 N–H and O–H groups in total. The molecule has 94 valence electrons. The molecule has 0 spiro atoms. The van der Waals surface area contributed by atoms with Gasteiger partial charge in [0.05, 0.1) is 12.1 Å². The van der Waals surface area contributed by atoms with Crippen molar-refractivity contribution in [1.82, 2.24) is 5.32 Å². The fourth-order valence-electron chi connectivity index (χ4n) is 2.00. The minimum absolute atomic E-state index is 0.0241. The largest absolute Gasteiger partial charge is 0.376 e. The third kappa shape index (κ3) is 3.06. The lowest BCUT2D eigenvalue weighted by Gasteiger charge is -2.21. The summed E-state index contributed by atoms with van der Waals surface area (Å²) in [7, 11) is 0. The van der Waals surface area contributed by atoms with E-state index in [0.717, 1.165) is 24.3 Å². The van der Waals surface area contributed by atoms with Gasteiger partial charge in [-0.05, 0) is 31.2 Å². The van der Waals surface area contributed by atoms with Crippen molar-refractivity contribution in [2.75, 3.05) is 6.61 Å². The number of hydrogen-bond donors (Lipinski definition) is 2. The van der Waals surface area contributed by atoms with Crippen LogP contribution in [0.2, 0.25) is 0 Å². The lowest BCUT2D eigenvalue weighted by molar-refractivity contribution is -0.123. The smallest absolute Gasteiger partial charge is 0.242 e. The fraction of sp³-hybridized carbons (Fsp3) is 0.583. The second-order valence-corrected chi connectivity index (χ2v) is 5.32. The Bertz CT molecular complexity index is 361. The number of nitrogens with one attached hydrogen (secondary N) is 1.